The van der Waals surface area contributed by atoms with Crippen molar-refractivity contribution in [3.63, 3.8) is 0 Å². The molecule has 0 saturated heterocycles. The van der Waals surface area contributed by atoms with Crippen molar-refractivity contribution in [3.8, 4) is 11.5 Å². The molecule has 0 radical (unpaired) electrons. The fourth-order valence-electron chi connectivity index (χ4n) is 1.49. The van der Waals surface area contributed by atoms with E-state index in [1.165, 1.54) is 5.56 Å². The summed E-state index contributed by atoms with van der Waals surface area (Å²) in [5.74, 6) is 1.72. The van der Waals surface area contributed by atoms with Crippen LogP contribution in [-0.2, 0) is 6.54 Å². The van der Waals surface area contributed by atoms with E-state index < -0.39 is 0 Å². The van der Waals surface area contributed by atoms with Crippen LogP contribution in [0.4, 0.5) is 0 Å². The summed E-state index contributed by atoms with van der Waals surface area (Å²) in [6.07, 6.45) is 0. The maximum absolute atomic E-state index is 5.71. The fourth-order valence-corrected chi connectivity index (χ4v) is 1.69. The van der Waals surface area contributed by atoms with Crippen LogP contribution >= 0.6 is 15.9 Å². The number of nitrogens with one attached hydrogen (secondary N) is 1. The Morgan fingerprint density at radius 1 is 0.882 bits per heavy atom. The molecule has 0 spiro atoms. The van der Waals surface area contributed by atoms with Crippen LogP contribution in [0.15, 0.2) is 54.6 Å². The van der Waals surface area contributed by atoms with E-state index in [0.29, 0.717) is 0 Å². The van der Waals surface area contributed by atoms with Gasteiger partial charge in [-0.1, -0.05) is 46.3 Å². The highest BCUT2D eigenvalue weighted by Gasteiger charge is 1.97. The van der Waals surface area contributed by atoms with Gasteiger partial charge in [-0.2, -0.15) is 0 Å². The van der Waals surface area contributed by atoms with Crippen molar-refractivity contribution in [3.05, 3.63) is 60.2 Å². The van der Waals surface area contributed by atoms with Crippen LogP contribution in [0.2, 0.25) is 0 Å². The molecular weight excluding hydrogens is 278 g/mol. The second-order valence-electron chi connectivity index (χ2n) is 3.62. The third-order valence-corrected chi connectivity index (χ3v) is 2.72. The number of hydrogen-bond acceptors (Lipinski definition) is 2. The predicted molar refractivity (Wildman–Crippen MR) is 73.6 cm³/mol. The molecule has 0 atom stereocenters. The number of para-hydroxylation sites is 1. The number of rotatable bonds is 5. The summed E-state index contributed by atoms with van der Waals surface area (Å²) in [5, 5.41) is 3.21. The Balaban J connectivity index is 1.98. The summed E-state index contributed by atoms with van der Waals surface area (Å²) in [7, 11) is 0. The minimum absolute atomic E-state index is 0.801. The Bertz CT molecular complexity index is 442. The van der Waals surface area contributed by atoms with Crippen LogP contribution in [-0.4, -0.2) is 5.45 Å². The van der Waals surface area contributed by atoms with E-state index in [9.17, 15) is 0 Å². The van der Waals surface area contributed by atoms with Gasteiger partial charge in [0.2, 0.25) is 0 Å². The van der Waals surface area contributed by atoms with Crippen LogP contribution in [0.1, 0.15) is 5.56 Å². The van der Waals surface area contributed by atoms with Gasteiger partial charge >= 0.3 is 0 Å². The summed E-state index contributed by atoms with van der Waals surface area (Å²) in [6, 6.07) is 17.9. The zero-order valence-electron chi connectivity index (χ0n) is 9.40. The molecule has 0 unspecified atom stereocenters. The number of ether oxygens (including phenoxy) is 1. The van der Waals surface area contributed by atoms with Crippen LogP contribution in [0, 0.1) is 0 Å². The minimum Gasteiger partial charge on any atom is -0.457 e. The standard InChI is InChI=1S/C14H14BrNO/c15-11-16-10-12-6-8-14(9-7-12)17-13-4-2-1-3-5-13/h1-9,16H,10-11H2. The average Bonchev–Trinajstić information content (AvgIpc) is 2.39. The molecule has 2 nitrogen and oxygen atoms in total. The second-order valence-corrected chi connectivity index (χ2v) is 4.18. The van der Waals surface area contributed by atoms with Gasteiger partial charge in [-0.15, -0.1) is 0 Å². The smallest absolute Gasteiger partial charge is 0.127 e. The van der Waals surface area contributed by atoms with E-state index in [1.807, 2.05) is 42.5 Å². The fraction of sp³-hybridized carbons (Fsp3) is 0.143. The van der Waals surface area contributed by atoms with E-state index in [4.69, 9.17) is 4.74 Å². The van der Waals surface area contributed by atoms with Crippen molar-refractivity contribution in [2.75, 3.05) is 5.45 Å². The van der Waals surface area contributed by atoms with Gasteiger partial charge < -0.3 is 10.1 Å². The molecule has 0 saturated carbocycles. The van der Waals surface area contributed by atoms with Gasteiger partial charge in [0.1, 0.15) is 11.5 Å². The number of benzene rings is 2. The summed E-state index contributed by atoms with van der Waals surface area (Å²) >= 11 is 3.33. The lowest BCUT2D eigenvalue weighted by atomic mass is 10.2. The third kappa shape index (κ3) is 3.88. The van der Waals surface area contributed by atoms with Crippen molar-refractivity contribution in [2.24, 2.45) is 0 Å². The van der Waals surface area contributed by atoms with E-state index >= 15 is 0 Å². The first-order chi connectivity index (χ1) is 8.38. The number of alkyl halides is 1. The summed E-state index contributed by atoms with van der Waals surface area (Å²) in [4.78, 5) is 0. The Hall–Kier alpha value is -1.32. The highest BCUT2D eigenvalue weighted by Crippen LogP contribution is 2.20. The largest absolute Gasteiger partial charge is 0.457 e. The Labute approximate surface area is 110 Å². The van der Waals surface area contributed by atoms with Gasteiger partial charge in [-0.3, -0.25) is 0 Å². The van der Waals surface area contributed by atoms with Gasteiger partial charge in [-0.25, -0.2) is 0 Å². The van der Waals surface area contributed by atoms with Crippen LogP contribution in [0.5, 0.6) is 11.5 Å². The topological polar surface area (TPSA) is 21.3 Å². The molecule has 2 rings (SSSR count). The van der Waals surface area contributed by atoms with Crippen molar-refractivity contribution >= 4 is 15.9 Å². The molecule has 0 amide bonds. The quantitative estimate of drug-likeness (QED) is 0.666. The molecule has 0 aliphatic carbocycles. The number of halogens is 1. The Morgan fingerprint density at radius 3 is 2.18 bits per heavy atom. The first-order valence-electron chi connectivity index (χ1n) is 5.47. The maximum Gasteiger partial charge on any atom is 0.127 e. The van der Waals surface area contributed by atoms with Crippen molar-refractivity contribution in [1.82, 2.24) is 5.32 Å². The van der Waals surface area contributed by atoms with E-state index in [-0.39, 0.29) is 0 Å². The van der Waals surface area contributed by atoms with Crippen molar-refractivity contribution in [1.29, 1.82) is 0 Å². The molecule has 2 aromatic rings. The van der Waals surface area contributed by atoms with Gasteiger partial charge in [0, 0.05) is 6.54 Å². The van der Waals surface area contributed by atoms with Gasteiger partial charge in [-0.05, 0) is 29.8 Å². The molecule has 0 fully saturated rings. The second kappa shape index (κ2) is 6.42. The average molecular weight is 292 g/mol. The SMILES string of the molecule is BrCNCc1ccc(Oc2ccccc2)cc1. The monoisotopic (exact) mass is 291 g/mol. The molecule has 1 N–H and O–H groups in total. The molecule has 0 bridgehead atoms. The molecular formula is C14H14BrNO. The molecule has 0 aromatic heterocycles. The highest BCUT2D eigenvalue weighted by molar-refractivity contribution is 9.09. The lowest BCUT2D eigenvalue weighted by Gasteiger charge is -2.06. The molecule has 0 heterocycles. The summed E-state index contributed by atoms with van der Waals surface area (Å²) in [5.41, 5.74) is 2.04. The molecule has 17 heavy (non-hydrogen) atoms. The lowest BCUT2D eigenvalue weighted by molar-refractivity contribution is 0.482. The Morgan fingerprint density at radius 2 is 1.53 bits per heavy atom. The van der Waals surface area contributed by atoms with Gasteiger partial charge in [0.05, 0.1) is 5.45 Å². The third-order valence-electron chi connectivity index (χ3n) is 2.33. The van der Waals surface area contributed by atoms with Gasteiger partial charge in [0.25, 0.3) is 0 Å². The first kappa shape index (κ1) is 12.1. The number of hydrogen-bond donors (Lipinski definition) is 1. The predicted octanol–water partition coefficient (Wildman–Crippen LogP) is 3.92. The zero-order chi connectivity index (χ0) is 11.9. The zero-order valence-corrected chi connectivity index (χ0v) is 11.0. The minimum atomic E-state index is 0.801. The molecule has 3 heteroatoms. The lowest BCUT2D eigenvalue weighted by Crippen LogP contribution is -2.09. The molecule has 2 aromatic carbocycles. The van der Waals surface area contributed by atoms with Crippen LogP contribution in [0.25, 0.3) is 0 Å². The Kier molecular flexibility index (Phi) is 4.59. The highest BCUT2D eigenvalue weighted by atomic mass is 79.9. The van der Waals surface area contributed by atoms with Crippen molar-refractivity contribution in [2.45, 2.75) is 6.54 Å². The summed E-state index contributed by atoms with van der Waals surface area (Å²) < 4.78 is 5.71. The maximum atomic E-state index is 5.71. The summed E-state index contributed by atoms with van der Waals surface area (Å²) in [6.45, 7) is 0.858. The molecule has 0 aliphatic rings. The van der Waals surface area contributed by atoms with Crippen molar-refractivity contribution < 1.29 is 4.74 Å². The molecule has 88 valence electrons. The van der Waals surface area contributed by atoms with Crippen LogP contribution < -0.4 is 10.1 Å². The first-order valence-corrected chi connectivity index (χ1v) is 6.59. The van der Waals surface area contributed by atoms with E-state index in [2.05, 4.69) is 33.4 Å². The normalized spacial score (nSPS) is 10.2. The van der Waals surface area contributed by atoms with Crippen LogP contribution in [0.3, 0.4) is 0 Å². The van der Waals surface area contributed by atoms with E-state index in [0.717, 1.165) is 23.5 Å². The van der Waals surface area contributed by atoms with E-state index in [1.54, 1.807) is 0 Å². The molecule has 0 aliphatic heterocycles. The van der Waals surface area contributed by atoms with Gasteiger partial charge in [0.15, 0.2) is 0 Å².